The number of carbonyl (C=O) groups is 2. The van der Waals surface area contributed by atoms with Crippen LogP contribution in [0.3, 0.4) is 0 Å². The molecule has 192 valence electrons. The number of hydrogen-bond acceptors (Lipinski definition) is 4. The standard InChI is InChI=1S/C28H33N3O3.C2H6/c1-2-3-4-5-8-24-23-10-9-20(19-32)16-25(23)31-18-22(28(33)30-12-14-34-15-13-30)17-21-7-6-11-29-26(21)27(24)31;1-2/h6-7,9-11,16,19,22H,2-5,8,12-15,17-18H2,1H3;1-2H3. The lowest BCUT2D eigenvalue weighted by atomic mass is 9.95. The number of pyridine rings is 1. The highest BCUT2D eigenvalue weighted by Crippen LogP contribution is 2.39. The second kappa shape index (κ2) is 12.3. The van der Waals surface area contributed by atoms with Crippen molar-refractivity contribution in [3.63, 3.8) is 0 Å². The van der Waals surface area contributed by atoms with E-state index in [4.69, 9.17) is 9.72 Å². The number of rotatable bonds is 7. The summed E-state index contributed by atoms with van der Waals surface area (Å²) in [5.41, 5.74) is 6.22. The molecule has 1 unspecified atom stereocenters. The molecule has 0 N–H and O–H groups in total. The normalized spacial score (nSPS) is 17.0. The maximum atomic E-state index is 13.6. The number of ether oxygens (including phenoxy) is 1. The number of benzene rings is 1. The molecular formula is C30H39N3O3. The smallest absolute Gasteiger partial charge is 0.227 e. The average molecular weight is 490 g/mol. The van der Waals surface area contributed by atoms with Crippen LogP contribution in [0.1, 0.15) is 67.9 Å². The van der Waals surface area contributed by atoms with Crippen molar-refractivity contribution in [1.82, 2.24) is 14.5 Å². The third kappa shape index (κ3) is 5.24. The van der Waals surface area contributed by atoms with E-state index >= 15 is 0 Å². The monoisotopic (exact) mass is 489 g/mol. The lowest BCUT2D eigenvalue weighted by molar-refractivity contribution is -0.140. The van der Waals surface area contributed by atoms with Crippen molar-refractivity contribution in [2.75, 3.05) is 26.3 Å². The molecule has 1 fully saturated rings. The lowest BCUT2D eigenvalue weighted by Crippen LogP contribution is -2.45. The fourth-order valence-electron chi connectivity index (χ4n) is 5.53. The van der Waals surface area contributed by atoms with Gasteiger partial charge in [-0.15, -0.1) is 0 Å². The summed E-state index contributed by atoms with van der Waals surface area (Å²) in [5.74, 6) is 0.00886. The number of hydrogen-bond donors (Lipinski definition) is 0. The topological polar surface area (TPSA) is 64.4 Å². The third-order valence-corrected chi connectivity index (χ3v) is 7.27. The molecule has 0 radical (unpaired) electrons. The van der Waals surface area contributed by atoms with E-state index in [1.54, 1.807) is 0 Å². The van der Waals surface area contributed by atoms with Crippen LogP contribution in [-0.2, 0) is 28.9 Å². The van der Waals surface area contributed by atoms with Gasteiger partial charge in [-0.25, -0.2) is 0 Å². The highest BCUT2D eigenvalue weighted by atomic mass is 16.5. The molecule has 0 spiro atoms. The first-order valence-corrected chi connectivity index (χ1v) is 13.6. The third-order valence-electron chi connectivity index (χ3n) is 7.27. The molecule has 36 heavy (non-hydrogen) atoms. The minimum Gasteiger partial charge on any atom is -0.378 e. The van der Waals surface area contributed by atoms with E-state index in [0.29, 0.717) is 44.8 Å². The Morgan fingerprint density at radius 3 is 2.69 bits per heavy atom. The Balaban J connectivity index is 0.00000148. The first-order valence-electron chi connectivity index (χ1n) is 13.6. The van der Waals surface area contributed by atoms with Crippen LogP contribution in [0.2, 0.25) is 0 Å². The molecule has 1 aromatic carbocycles. The largest absolute Gasteiger partial charge is 0.378 e. The van der Waals surface area contributed by atoms with Gasteiger partial charge in [0.05, 0.1) is 30.5 Å². The molecule has 0 saturated carbocycles. The number of carbonyl (C=O) groups excluding carboxylic acids is 2. The fraction of sp³-hybridized carbons (Fsp3) is 0.500. The van der Waals surface area contributed by atoms with Gasteiger partial charge in [-0.3, -0.25) is 14.6 Å². The van der Waals surface area contributed by atoms with Crippen molar-refractivity contribution in [2.45, 2.75) is 65.8 Å². The van der Waals surface area contributed by atoms with Crippen LogP contribution in [0, 0.1) is 5.92 Å². The quantitative estimate of drug-likeness (QED) is 0.316. The average Bonchev–Trinajstić information content (AvgIpc) is 3.12. The molecule has 1 amide bonds. The first kappa shape index (κ1) is 26.1. The molecule has 4 heterocycles. The van der Waals surface area contributed by atoms with E-state index in [1.807, 2.05) is 43.1 Å². The maximum Gasteiger partial charge on any atom is 0.227 e. The summed E-state index contributed by atoms with van der Waals surface area (Å²) in [5, 5.41) is 1.17. The Morgan fingerprint density at radius 1 is 1.14 bits per heavy atom. The Kier molecular flexibility index (Phi) is 8.92. The van der Waals surface area contributed by atoms with Gasteiger partial charge >= 0.3 is 0 Å². The number of amides is 1. The van der Waals surface area contributed by atoms with Crippen molar-refractivity contribution in [1.29, 1.82) is 0 Å². The predicted molar refractivity (Wildman–Crippen MR) is 144 cm³/mol. The van der Waals surface area contributed by atoms with Crippen molar-refractivity contribution in [2.24, 2.45) is 5.92 Å². The Hall–Kier alpha value is -2.99. The Labute approximate surface area is 214 Å². The number of nitrogens with zero attached hydrogens (tertiary/aromatic N) is 3. The van der Waals surface area contributed by atoms with Crippen molar-refractivity contribution < 1.29 is 14.3 Å². The Bertz CT molecular complexity index is 1190. The second-order valence-corrected chi connectivity index (χ2v) is 9.49. The number of aromatic nitrogens is 2. The predicted octanol–water partition coefficient (Wildman–Crippen LogP) is 5.70. The summed E-state index contributed by atoms with van der Waals surface area (Å²) < 4.78 is 7.75. The van der Waals surface area contributed by atoms with Gasteiger partial charge in [-0.1, -0.05) is 58.2 Å². The summed E-state index contributed by atoms with van der Waals surface area (Å²) in [7, 11) is 0. The highest BCUT2D eigenvalue weighted by Gasteiger charge is 2.33. The van der Waals surface area contributed by atoms with Gasteiger partial charge in [0.2, 0.25) is 5.91 Å². The van der Waals surface area contributed by atoms with Crippen molar-refractivity contribution in [3.05, 3.63) is 53.2 Å². The van der Waals surface area contributed by atoms with E-state index in [0.717, 1.165) is 41.6 Å². The van der Waals surface area contributed by atoms with E-state index in [2.05, 4.69) is 23.6 Å². The minimum atomic E-state index is -0.175. The van der Waals surface area contributed by atoms with Crippen LogP contribution in [0.25, 0.3) is 22.3 Å². The van der Waals surface area contributed by atoms with Gasteiger partial charge in [0, 0.05) is 42.3 Å². The molecule has 0 aliphatic carbocycles. The first-order chi connectivity index (χ1) is 17.7. The SMILES string of the molecule is CC.CCCCCCc1c2n(c3cc(C=O)ccc13)CC(C(=O)N1CCOCC1)Cc1cccnc1-2. The lowest BCUT2D eigenvalue weighted by Gasteiger charge is -2.30. The number of fused-ring (bicyclic) bond motifs is 5. The second-order valence-electron chi connectivity index (χ2n) is 9.49. The van der Waals surface area contributed by atoms with Crippen molar-refractivity contribution in [3.8, 4) is 11.4 Å². The van der Waals surface area contributed by atoms with Crippen LogP contribution in [-0.4, -0.2) is 52.9 Å². The summed E-state index contributed by atoms with van der Waals surface area (Å²) in [6.07, 6.45) is 9.14. The van der Waals surface area contributed by atoms with Crippen LogP contribution in [0.15, 0.2) is 36.5 Å². The van der Waals surface area contributed by atoms with Gasteiger partial charge < -0.3 is 14.2 Å². The molecule has 1 atom stereocenters. The zero-order valence-electron chi connectivity index (χ0n) is 22.0. The summed E-state index contributed by atoms with van der Waals surface area (Å²) in [4.78, 5) is 32.0. The molecule has 1 saturated heterocycles. The molecule has 2 aliphatic rings. The summed E-state index contributed by atoms with van der Waals surface area (Å²) in [6.45, 7) is 9.30. The molecule has 6 heteroatoms. The number of morpholine rings is 1. The number of aryl methyl sites for hydroxylation is 1. The highest BCUT2D eigenvalue weighted by molar-refractivity contribution is 5.95. The Morgan fingerprint density at radius 2 is 1.94 bits per heavy atom. The van der Waals surface area contributed by atoms with Crippen LogP contribution >= 0.6 is 0 Å². The van der Waals surface area contributed by atoms with E-state index < -0.39 is 0 Å². The molecule has 2 aliphatic heterocycles. The zero-order valence-corrected chi connectivity index (χ0v) is 22.0. The zero-order chi connectivity index (χ0) is 25.5. The summed E-state index contributed by atoms with van der Waals surface area (Å²) in [6, 6.07) is 10.1. The van der Waals surface area contributed by atoms with Crippen LogP contribution in [0.5, 0.6) is 0 Å². The molecule has 6 nitrogen and oxygen atoms in total. The van der Waals surface area contributed by atoms with Gasteiger partial charge in [0.15, 0.2) is 0 Å². The molecule has 3 aromatic rings. The van der Waals surface area contributed by atoms with E-state index in [-0.39, 0.29) is 11.8 Å². The molecule has 0 bridgehead atoms. The fourth-order valence-corrected chi connectivity index (χ4v) is 5.53. The number of unbranched alkanes of at least 4 members (excludes halogenated alkanes) is 3. The van der Waals surface area contributed by atoms with Gasteiger partial charge in [-0.05, 0) is 42.5 Å². The van der Waals surface area contributed by atoms with Crippen molar-refractivity contribution >= 4 is 23.1 Å². The van der Waals surface area contributed by atoms with Crippen LogP contribution in [0.4, 0.5) is 0 Å². The van der Waals surface area contributed by atoms with E-state index in [1.165, 1.54) is 30.2 Å². The van der Waals surface area contributed by atoms with E-state index in [9.17, 15) is 9.59 Å². The minimum absolute atomic E-state index is 0.175. The maximum absolute atomic E-state index is 13.6. The molecular weight excluding hydrogens is 450 g/mol. The molecule has 5 rings (SSSR count). The van der Waals surface area contributed by atoms with Gasteiger partial charge in [-0.2, -0.15) is 0 Å². The molecule has 2 aromatic heterocycles. The van der Waals surface area contributed by atoms with Gasteiger partial charge in [0.25, 0.3) is 0 Å². The van der Waals surface area contributed by atoms with Crippen LogP contribution < -0.4 is 0 Å². The summed E-state index contributed by atoms with van der Waals surface area (Å²) >= 11 is 0. The number of aldehydes is 1. The van der Waals surface area contributed by atoms with Gasteiger partial charge in [0.1, 0.15) is 6.29 Å².